The molecule has 0 unspecified atom stereocenters. The summed E-state index contributed by atoms with van der Waals surface area (Å²) in [7, 11) is 3.55. The number of aromatic nitrogens is 1. The first-order valence-electron chi connectivity index (χ1n) is 13.3. The number of hydrogen-bond acceptors (Lipinski definition) is 7. The SMILES string of the molecule is COc1ccc(CCNC(=O)/C(=C/c2cn(S(=O)(=O)N(C)C)c3ccccc23)NC(=O)c2ccccc2OC)cc1OC. The normalized spacial score (nSPS) is 11.8. The highest BCUT2D eigenvalue weighted by Crippen LogP contribution is 2.28. The number of methoxy groups -OCH3 is 3. The van der Waals surface area contributed by atoms with Crippen LogP contribution in [0.5, 0.6) is 17.2 Å². The average molecular weight is 607 g/mol. The molecule has 1 aromatic heterocycles. The molecule has 0 fully saturated rings. The quantitative estimate of drug-likeness (QED) is 0.237. The van der Waals surface area contributed by atoms with E-state index in [4.69, 9.17) is 14.2 Å². The van der Waals surface area contributed by atoms with Crippen LogP contribution in [0.25, 0.3) is 17.0 Å². The summed E-state index contributed by atoms with van der Waals surface area (Å²) in [4.78, 5) is 26.9. The Labute approximate surface area is 250 Å². The predicted octanol–water partition coefficient (Wildman–Crippen LogP) is 3.45. The third-order valence-electron chi connectivity index (χ3n) is 6.71. The molecular formula is C31H34N4O7S. The Kier molecular flexibility index (Phi) is 9.73. The van der Waals surface area contributed by atoms with Crippen molar-refractivity contribution in [2.45, 2.75) is 6.42 Å². The number of benzene rings is 3. The smallest absolute Gasteiger partial charge is 0.307 e. The topological polar surface area (TPSA) is 128 Å². The summed E-state index contributed by atoms with van der Waals surface area (Å²) in [5.41, 5.74) is 1.90. The van der Waals surface area contributed by atoms with Crippen molar-refractivity contribution in [2.24, 2.45) is 0 Å². The maximum absolute atomic E-state index is 13.5. The third kappa shape index (κ3) is 6.82. The van der Waals surface area contributed by atoms with Gasteiger partial charge < -0.3 is 24.8 Å². The zero-order chi connectivity index (χ0) is 31.1. The Bertz CT molecular complexity index is 1780. The van der Waals surface area contributed by atoms with Gasteiger partial charge in [0.2, 0.25) is 0 Å². The van der Waals surface area contributed by atoms with Crippen molar-refractivity contribution < 1.29 is 32.2 Å². The fourth-order valence-electron chi connectivity index (χ4n) is 4.44. The second-order valence-corrected chi connectivity index (χ2v) is 11.6. The van der Waals surface area contributed by atoms with E-state index < -0.39 is 22.0 Å². The molecule has 0 aliphatic carbocycles. The van der Waals surface area contributed by atoms with Crippen LogP contribution >= 0.6 is 0 Å². The van der Waals surface area contributed by atoms with Crippen molar-refractivity contribution >= 4 is 39.0 Å². The molecule has 0 radical (unpaired) electrons. The van der Waals surface area contributed by atoms with Gasteiger partial charge in [-0.05, 0) is 48.4 Å². The second-order valence-electron chi connectivity index (χ2n) is 9.60. The molecule has 0 saturated heterocycles. The monoisotopic (exact) mass is 606 g/mol. The summed E-state index contributed by atoms with van der Waals surface area (Å²) in [5, 5.41) is 6.12. The zero-order valence-electron chi connectivity index (χ0n) is 24.6. The summed E-state index contributed by atoms with van der Waals surface area (Å²) in [6.07, 6.45) is 3.36. The van der Waals surface area contributed by atoms with Gasteiger partial charge in [-0.2, -0.15) is 12.7 Å². The molecule has 0 aliphatic rings. The molecule has 3 aromatic carbocycles. The maximum atomic E-state index is 13.5. The first-order chi connectivity index (χ1) is 20.6. The van der Waals surface area contributed by atoms with Crippen molar-refractivity contribution in [3.63, 3.8) is 0 Å². The number of nitrogens with one attached hydrogen (secondary N) is 2. The second kappa shape index (κ2) is 13.4. The summed E-state index contributed by atoms with van der Waals surface area (Å²) in [6, 6.07) is 19.0. The van der Waals surface area contributed by atoms with Gasteiger partial charge in [0.05, 0.1) is 32.4 Å². The van der Waals surface area contributed by atoms with Crippen LogP contribution in [-0.2, 0) is 21.4 Å². The molecule has 4 aromatic rings. The Morgan fingerprint density at radius 2 is 1.56 bits per heavy atom. The molecule has 11 nitrogen and oxygen atoms in total. The van der Waals surface area contributed by atoms with E-state index in [1.165, 1.54) is 33.5 Å². The van der Waals surface area contributed by atoms with Gasteiger partial charge in [0.15, 0.2) is 11.5 Å². The Balaban J connectivity index is 1.69. The lowest BCUT2D eigenvalue weighted by molar-refractivity contribution is -0.117. The molecule has 226 valence electrons. The number of carbonyl (C=O) groups excluding carboxylic acids is 2. The lowest BCUT2D eigenvalue weighted by Crippen LogP contribution is -2.36. The average Bonchev–Trinajstić information content (AvgIpc) is 3.39. The Morgan fingerprint density at radius 1 is 0.884 bits per heavy atom. The summed E-state index contributed by atoms with van der Waals surface area (Å²) in [5.74, 6) is 0.372. The van der Waals surface area contributed by atoms with Crippen molar-refractivity contribution in [1.82, 2.24) is 18.9 Å². The van der Waals surface area contributed by atoms with E-state index in [0.717, 1.165) is 13.8 Å². The molecule has 1 heterocycles. The molecule has 0 saturated carbocycles. The van der Waals surface area contributed by atoms with Crippen LogP contribution in [0.15, 0.2) is 78.6 Å². The minimum Gasteiger partial charge on any atom is -0.496 e. The van der Waals surface area contributed by atoms with Gasteiger partial charge in [-0.1, -0.05) is 36.4 Å². The standard InChI is InChI=1S/C31H34N4O7S/c1-34(2)43(38,39)35-20-22(23-10-6-8-12-26(23)35)19-25(33-30(36)24-11-7-9-13-27(24)40-3)31(37)32-17-16-21-14-15-28(41-4)29(18-21)42-5/h6-15,18-20H,16-17H2,1-5H3,(H,32,37)(H,33,36)/b25-19-. The molecule has 0 spiro atoms. The first kappa shape index (κ1) is 31.1. The van der Waals surface area contributed by atoms with E-state index in [1.54, 1.807) is 68.8 Å². The predicted molar refractivity (Wildman–Crippen MR) is 165 cm³/mol. The van der Waals surface area contributed by atoms with Crippen molar-refractivity contribution in [1.29, 1.82) is 0 Å². The maximum Gasteiger partial charge on any atom is 0.307 e. The number of nitrogens with zero attached hydrogens (tertiary/aromatic N) is 2. The fraction of sp³-hybridized carbons (Fsp3) is 0.226. The Morgan fingerprint density at radius 3 is 2.26 bits per heavy atom. The van der Waals surface area contributed by atoms with E-state index >= 15 is 0 Å². The molecule has 2 amide bonds. The number of rotatable bonds is 12. The first-order valence-corrected chi connectivity index (χ1v) is 14.7. The number of ether oxygens (including phenoxy) is 3. The fourth-order valence-corrected chi connectivity index (χ4v) is 5.45. The molecule has 2 N–H and O–H groups in total. The minimum atomic E-state index is -3.87. The van der Waals surface area contributed by atoms with Crippen LogP contribution in [0, 0.1) is 0 Å². The number of amides is 2. The van der Waals surface area contributed by atoms with Crippen molar-refractivity contribution in [3.05, 3.63) is 95.3 Å². The van der Waals surface area contributed by atoms with E-state index in [0.29, 0.717) is 40.1 Å². The highest BCUT2D eigenvalue weighted by molar-refractivity contribution is 7.87. The molecule has 43 heavy (non-hydrogen) atoms. The number of para-hydroxylation sites is 2. The van der Waals surface area contributed by atoms with Crippen molar-refractivity contribution in [2.75, 3.05) is 42.0 Å². The van der Waals surface area contributed by atoms with Gasteiger partial charge in [0.25, 0.3) is 11.8 Å². The van der Waals surface area contributed by atoms with Crippen LogP contribution in [0.3, 0.4) is 0 Å². The highest BCUT2D eigenvalue weighted by Gasteiger charge is 2.22. The van der Waals surface area contributed by atoms with E-state index in [1.807, 2.05) is 12.1 Å². The molecule has 0 atom stereocenters. The Hall–Kier alpha value is -4.81. The van der Waals surface area contributed by atoms with E-state index in [9.17, 15) is 18.0 Å². The van der Waals surface area contributed by atoms with Crippen LogP contribution in [0.1, 0.15) is 21.5 Å². The number of fused-ring (bicyclic) bond motifs is 1. The lowest BCUT2D eigenvalue weighted by Gasteiger charge is -2.13. The summed E-state index contributed by atoms with van der Waals surface area (Å²) < 4.78 is 44.3. The van der Waals surface area contributed by atoms with Crippen LogP contribution in [0.4, 0.5) is 0 Å². The molecular weight excluding hydrogens is 572 g/mol. The largest absolute Gasteiger partial charge is 0.496 e. The van der Waals surface area contributed by atoms with Gasteiger partial charge >= 0.3 is 10.2 Å². The number of hydrogen-bond donors (Lipinski definition) is 2. The van der Waals surface area contributed by atoms with Gasteiger partial charge in [0.1, 0.15) is 11.4 Å². The molecule has 0 bridgehead atoms. The zero-order valence-corrected chi connectivity index (χ0v) is 25.4. The van der Waals surface area contributed by atoms with Gasteiger partial charge in [-0.3, -0.25) is 9.59 Å². The highest BCUT2D eigenvalue weighted by atomic mass is 32.2. The molecule has 0 aliphatic heterocycles. The van der Waals surface area contributed by atoms with Crippen LogP contribution in [-0.4, -0.2) is 70.5 Å². The summed E-state index contributed by atoms with van der Waals surface area (Å²) >= 11 is 0. The minimum absolute atomic E-state index is 0.0756. The molecule has 12 heteroatoms. The number of carbonyl (C=O) groups is 2. The molecule has 4 rings (SSSR count). The van der Waals surface area contributed by atoms with Gasteiger partial charge in [0, 0.05) is 37.8 Å². The van der Waals surface area contributed by atoms with Crippen LogP contribution < -0.4 is 24.8 Å². The lowest BCUT2D eigenvalue weighted by atomic mass is 10.1. The van der Waals surface area contributed by atoms with Gasteiger partial charge in [-0.15, -0.1) is 0 Å². The third-order valence-corrected chi connectivity index (χ3v) is 8.43. The van der Waals surface area contributed by atoms with Crippen LogP contribution in [0.2, 0.25) is 0 Å². The van der Waals surface area contributed by atoms with E-state index in [2.05, 4.69) is 10.6 Å². The van der Waals surface area contributed by atoms with E-state index in [-0.39, 0.29) is 17.8 Å². The summed E-state index contributed by atoms with van der Waals surface area (Å²) in [6.45, 7) is 0.243. The van der Waals surface area contributed by atoms with Gasteiger partial charge in [-0.25, -0.2) is 3.97 Å². The van der Waals surface area contributed by atoms with Crippen molar-refractivity contribution in [3.8, 4) is 17.2 Å².